The van der Waals surface area contributed by atoms with Gasteiger partial charge in [-0.3, -0.25) is 4.52 Å². The van der Waals surface area contributed by atoms with Crippen LogP contribution in [0, 0.1) is 0 Å². The summed E-state index contributed by atoms with van der Waals surface area (Å²) in [6.07, 6.45) is 16.2. The van der Waals surface area contributed by atoms with E-state index in [9.17, 15) is 9.67 Å². The molecule has 0 amide bonds. The van der Waals surface area contributed by atoms with Gasteiger partial charge in [-0.05, 0) is 12.8 Å². The van der Waals surface area contributed by atoms with E-state index in [1.54, 1.807) is 6.08 Å². The highest BCUT2D eigenvalue weighted by Gasteiger charge is 2.19. The minimum Gasteiger partial charge on any atom is -0.387 e. The van der Waals surface area contributed by atoms with Crippen molar-refractivity contribution in [3.8, 4) is 0 Å². The average molecular weight is 365 g/mol. The lowest BCUT2D eigenvalue weighted by molar-refractivity contribution is 0.129. The first kappa shape index (κ1) is 23.8. The molecular formula is C17H36NO5P. The van der Waals surface area contributed by atoms with E-state index in [1.165, 1.54) is 57.8 Å². The summed E-state index contributed by atoms with van der Waals surface area (Å²) in [7, 11) is -4.53. The molecule has 0 rings (SSSR count). The number of rotatable bonds is 16. The van der Waals surface area contributed by atoms with Crippen LogP contribution >= 0.6 is 7.82 Å². The number of aliphatic hydroxyl groups is 1. The largest absolute Gasteiger partial charge is 0.469 e. The van der Waals surface area contributed by atoms with Gasteiger partial charge in [0, 0.05) is 0 Å². The van der Waals surface area contributed by atoms with Crippen LogP contribution in [0.5, 0.6) is 0 Å². The van der Waals surface area contributed by atoms with Crippen LogP contribution in [0.25, 0.3) is 0 Å². The summed E-state index contributed by atoms with van der Waals surface area (Å²) in [5.74, 6) is 0. The highest BCUT2D eigenvalue weighted by Crippen LogP contribution is 2.35. The van der Waals surface area contributed by atoms with E-state index in [1.807, 2.05) is 6.08 Å². The second-order valence-corrected chi connectivity index (χ2v) is 7.58. The summed E-state index contributed by atoms with van der Waals surface area (Å²) in [4.78, 5) is 17.1. The van der Waals surface area contributed by atoms with E-state index in [0.717, 1.165) is 12.8 Å². The van der Waals surface area contributed by atoms with Crippen LogP contribution in [0.15, 0.2) is 12.2 Å². The van der Waals surface area contributed by atoms with Crippen LogP contribution in [0.3, 0.4) is 0 Å². The predicted molar refractivity (Wildman–Crippen MR) is 97.6 cm³/mol. The lowest BCUT2D eigenvalue weighted by atomic mass is 10.1. The zero-order valence-electron chi connectivity index (χ0n) is 15.0. The Morgan fingerprint density at radius 2 is 1.50 bits per heavy atom. The summed E-state index contributed by atoms with van der Waals surface area (Å²) in [5, 5.41) is 9.73. The molecule has 0 aromatic heterocycles. The number of allylic oxidation sites excluding steroid dienone is 1. The Balaban J connectivity index is 3.49. The van der Waals surface area contributed by atoms with Gasteiger partial charge in [0.2, 0.25) is 0 Å². The van der Waals surface area contributed by atoms with Crippen LogP contribution in [0.1, 0.15) is 77.6 Å². The maximum absolute atomic E-state index is 10.5. The lowest BCUT2D eigenvalue weighted by Crippen LogP contribution is -2.37. The molecule has 0 aliphatic rings. The van der Waals surface area contributed by atoms with Gasteiger partial charge in [0.05, 0.1) is 18.8 Å². The van der Waals surface area contributed by atoms with Crippen LogP contribution in [-0.2, 0) is 9.09 Å². The molecule has 0 bridgehead atoms. The van der Waals surface area contributed by atoms with Crippen LogP contribution in [0.2, 0.25) is 0 Å². The number of aliphatic hydroxyl groups excluding tert-OH is 1. The molecule has 2 atom stereocenters. The summed E-state index contributed by atoms with van der Waals surface area (Å²) >= 11 is 0. The summed E-state index contributed by atoms with van der Waals surface area (Å²) in [6.45, 7) is 1.85. The van der Waals surface area contributed by atoms with Gasteiger partial charge in [-0.15, -0.1) is 0 Å². The number of unbranched alkanes of at least 4 members (excludes halogenated alkanes) is 10. The Morgan fingerprint density at radius 3 is 2.00 bits per heavy atom. The SMILES string of the molecule is CCCCCCCCCCCC/C=C/[C@H](O)[C@@H](N)COP(=O)(O)O. The van der Waals surface area contributed by atoms with E-state index < -0.39 is 20.0 Å². The number of nitrogens with two attached hydrogens (primary N) is 1. The lowest BCUT2D eigenvalue weighted by Gasteiger charge is -2.15. The third-order valence-corrected chi connectivity index (χ3v) is 4.42. The van der Waals surface area contributed by atoms with Crippen molar-refractivity contribution in [2.24, 2.45) is 5.73 Å². The molecule has 0 aliphatic carbocycles. The zero-order valence-corrected chi connectivity index (χ0v) is 15.9. The maximum atomic E-state index is 10.5. The Bertz CT molecular complexity index is 359. The molecule has 5 N–H and O–H groups in total. The van der Waals surface area contributed by atoms with Gasteiger partial charge in [0.25, 0.3) is 0 Å². The standard InChI is InChI=1S/C17H36NO5P/c1-2-3-4-5-6-7-8-9-10-11-12-13-14-17(19)16(18)15-23-24(20,21)22/h13-14,16-17,19H,2-12,15,18H2,1H3,(H2,20,21,22)/b14-13+/t16-,17-/m0/s1. The minimum absolute atomic E-state index is 0.381. The molecule has 0 spiro atoms. The fraction of sp³-hybridized carbons (Fsp3) is 0.882. The Labute approximate surface area is 146 Å². The molecule has 0 radical (unpaired) electrons. The first-order chi connectivity index (χ1) is 11.4. The second-order valence-electron chi connectivity index (χ2n) is 6.34. The number of phosphoric ester groups is 1. The normalized spacial score (nSPS) is 15.0. The van der Waals surface area contributed by atoms with Crippen molar-refractivity contribution in [1.82, 2.24) is 0 Å². The second kappa shape index (κ2) is 15.1. The maximum Gasteiger partial charge on any atom is 0.469 e. The van der Waals surface area contributed by atoms with Gasteiger partial charge in [-0.25, -0.2) is 4.57 Å². The molecule has 144 valence electrons. The molecule has 0 heterocycles. The van der Waals surface area contributed by atoms with Gasteiger partial charge in [-0.2, -0.15) is 0 Å². The van der Waals surface area contributed by atoms with Crippen molar-refractivity contribution in [1.29, 1.82) is 0 Å². The molecular weight excluding hydrogens is 329 g/mol. The first-order valence-electron chi connectivity index (χ1n) is 9.17. The van der Waals surface area contributed by atoms with Crippen LogP contribution < -0.4 is 5.73 Å². The zero-order chi connectivity index (χ0) is 18.3. The van der Waals surface area contributed by atoms with Crippen molar-refractivity contribution < 1.29 is 24.0 Å². The van der Waals surface area contributed by atoms with E-state index >= 15 is 0 Å². The van der Waals surface area contributed by atoms with E-state index in [2.05, 4.69) is 11.4 Å². The molecule has 6 nitrogen and oxygen atoms in total. The third-order valence-electron chi connectivity index (χ3n) is 3.93. The Kier molecular flexibility index (Phi) is 14.9. The van der Waals surface area contributed by atoms with Crippen molar-refractivity contribution in [2.75, 3.05) is 6.61 Å². The smallest absolute Gasteiger partial charge is 0.387 e. The van der Waals surface area contributed by atoms with Crippen LogP contribution in [0.4, 0.5) is 0 Å². The topological polar surface area (TPSA) is 113 Å². The molecule has 0 fully saturated rings. The molecule has 0 saturated heterocycles. The summed E-state index contributed by atoms with van der Waals surface area (Å²) in [6, 6.07) is -0.846. The van der Waals surface area contributed by atoms with Crippen molar-refractivity contribution in [3.63, 3.8) is 0 Å². The molecule has 24 heavy (non-hydrogen) atoms. The van der Waals surface area contributed by atoms with Gasteiger partial charge < -0.3 is 20.6 Å². The van der Waals surface area contributed by atoms with E-state index in [4.69, 9.17) is 15.5 Å². The molecule has 7 heteroatoms. The van der Waals surface area contributed by atoms with Crippen molar-refractivity contribution >= 4 is 7.82 Å². The third kappa shape index (κ3) is 16.6. The molecule has 0 saturated carbocycles. The predicted octanol–water partition coefficient (Wildman–Crippen LogP) is 3.65. The van der Waals surface area contributed by atoms with Crippen molar-refractivity contribution in [3.05, 3.63) is 12.2 Å². The highest BCUT2D eigenvalue weighted by atomic mass is 31.2. The number of phosphoric acid groups is 1. The van der Waals surface area contributed by atoms with Gasteiger partial charge in [0.1, 0.15) is 0 Å². The van der Waals surface area contributed by atoms with E-state index in [-0.39, 0.29) is 6.61 Å². The van der Waals surface area contributed by atoms with Crippen LogP contribution in [-0.4, -0.2) is 33.6 Å². The quantitative estimate of drug-likeness (QED) is 0.189. The number of hydrogen-bond acceptors (Lipinski definition) is 4. The summed E-state index contributed by atoms with van der Waals surface area (Å²) < 4.78 is 14.8. The van der Waals surface area contributed by atoms with Gasteiger partial charge >= 0.3 is 7.82 Å². The van der Waals surface area contributed by atoms with E-state index in [0.29, 0.717) is 0 Å². The molecule has 0 aliphatic heterocycles. The fourth-order valence-corrected chi connectivity index (χ4v) is 2.78. The average Bonchev–Trinajstić information content (AvgIpc) is 2.52. The first-order valence-corrected chi connectivity index (χ1v) is 10.7. The van der Waals surface area contributed by atoms with Gasteiger partial charge in [0.15, 0.2) is 0 Å². The van der Waals surface area contributed by atoms with Crippen molar-refractivity contribution in [2.45, 2.75) is 89.7 Å². The highest BCUT2D eigenvalue weighted by molar-refractivity contribution is 7.46. The fourth-order valence-electron chi connectivity index (χ4n) is 2.41. The minimum atomic E-state index is -4.53. The Morgan fingerprint density at radius 1 is 1.00 bits per heavy atom. The monoisotopic (exact) mass is 365 g/mol. The van der Waals surface area contributed by atoms with Gasteiger partial charge in [-0.1, -0.05) is 76.9 Å². The number of hydrogen-bond donors (Lipinski definition) is 4. The molecule has 0 aromatic rings. The molecule has 0 unspecified atom stereocenters. The Hall–Kier alpha value is -0.230. The molecule has 0 aromatic carbocycles. The summed E-state index contributed by atoms with van der Waals surface area (Å²) in [5.41, 5.74) is 5.59.